The SMILES string of the molecule is O=C(Nc1ccc(C(F)(F)F)cc1)Nc1ccccc1Br. The molecule has 0 saturated heterocycles. The van der Waals surface area contributed by atoms with Gasteiger partial charge in [-0.3, -0.25) is 0 Å². The number of urea groups is 1. The molecule has 0 radical (unpaired) electrons. The molecular formula is C14H10BrF3N2O. The zero-order chi connectivity index (χ0) is 15.5. The van der Waals surface area contributed by atoms with Crippen molar-refractivity contribution < 1.29 is 18.0 Å². The predicted octanol–water partition coefficient (Wildman–Crippen LogP) is 5.11. The molecule has 0 heterocycles. The first-order chi connectivity index (χ1) is 9.86. The number of hydrogen-bond acceptors (Lipinski definition) is 1. The van der Waals surface area contributed by atoms with Crippen molar-refractivity contribution in [2.75, 3.05) is 10.6 Å². The standard InChI is InChI=1S/C14H10BrF3N2O/c15-11-3-1-2-4-12(11)20-13(21)19-10-7-5-9(6-8-10)14(16,17)18/h1-8H,(H2,19,20,21). The maximum atomic E-state index is 12.4. The molecule has 2 rings (SSSR count). The number of anilines is 2. The van der Waals surface area contributed by atoms with Crippen LogP contribution in [-0.2, 0) is 6.18 Å². The Bertz CT molecular complexity index is 641. The summed E-state index contributed by atoms with van der Waals surface area (Å²) in [5.41, 5.74) is 0.0636. The second-order valence-corrected chi connectivity index (χ2v) is 4.99. The van der Waals surface area contributed by atoms with E-state index >= 15 is 0 Å². The first kappa shape index (κ1) is 15.4. The van der Waals surface area contributed by atoms with Gasteiger partial charge >= 0.3 is 12.2 Å². The minimum Gasteiger partial charge on any atom is -0.308 e. The quantitative estimate of drug-likeness (QED) is 0.769. The molecule has 0 saturated carbocycles. The Balaban J connectivity index is 2.02. The van der Waals surface area contributed by atoms with Gasteiger partial charge in [0, 0.05) is 10.2 Å². The van der Waals surface area contributed by atoms with Crippen LogP contribution in [0.15, 0.2) is 53.0 Å². The van der Waals surface area contributed by atoms with Gasteiger partial charge in [0.25, 0.3) is 0 Å². The Morgan fingerprint density at radius 3 is 2.14 bits per heavy atom. The van der Waals surface area contributed by atoms with E-state index in [0.29, 0.717) is 10.2 Å². The average Bonchev–Trinajstić information content (AvgIpc) is 2.41. The first-order valence-electron chi connectivity index (χ1n) is 5.86. The van der Waals surface area contributed by atoms with Gasteiger partial charge in [0.1, 0.15) is 0 Å². The van der Waals surface area contributed by atoms with Gasteiger partial charge in [-0.15, -0.1) is 0 Å². The summed E-state index contributed by atoms with van der Waals surface area (Å²) < 4.78 is 37.9. The Labute approximate surface area is 127 Å². The molecule has 0 bridgehead atoms. The largest absolute Gasteiger partial charge is 0.416 e. The lowest BCUT2D eigenvalue weighted by atomic mass is 10.2. The number of amides is 2. The van der Waals surface area contributed by atoms with Crippen molar-refractivity contribution in [3.63, 3.8) is 0 Å². The second-order valence-electron chi connectivity index (χ2n) is 4.13. The van der Waals surface area contributed by atoms with Crippen LogP contribution in [0.25, 0.3) is 0 Å². The Hall–Kier alpha value is -2.02. The topological polar surface area (TPSA) is 41.1 Å². The van der Waals surface area contributed by atoms with Crippen LogP contribution in [0, 0.1) is 0 Å². The molecule has 21 heavy (non-hydrogen) atoms. The summed E-state index contributed by atoms with van der Waals surface area (Å²) in [5.74, 6) is 0. The number of carbonyl (C=O) groups is 1. The molecule has 7 heteroatoms. The third-order valence-corrected chi connectivity index (χ3v) is 3.28. The third kappa shape index (κ3) is 4.22. The summed E-state index contributed by atoms with van der Waals surface area (Å²) in [6.45, 7) is 0. The van der Waals surface area contributed by atoms with Gasteiger partial charge in [-0.2, -0.15) is 13.2 Å². The maximum absolute atomic E-state index is 12.4. The van der Waals surface area contributed by atoms with Crippen molar-refractivity contribution in [3.8, 4) is 0 Å². The van der Waals surface area contributed by atoms with E-state index in [4.69, 9.17) is 0 Å². The Morgan fingerprint density at radius 1 is 0.952 bits per heavy atom. The molecule has 2 aromatic rings. The minimum absolute atomic E-state index is 0.271. The number of para-hydroxylation sites is 1. The lowest BCUT2D eigenvalue weighted by Crippen LogP contribution is -2.19. The van der Waals surface area contributed by atoms with Crippen LogP contribution in [0.5, 0.6) is 0 Å². The molecular weight excluding hydrogens is 349 g/mol. The van der Waals surface area contributed by atoms with Gasteiger partial charge in [0.15, 0.2) is 0 Å². The molecule has 0 unspecified atom stereocenters. The molecule has 0 aliphatic rings. The summed E-state index contributed by atoms with van der Waals surface area (Å²) >= 11 is 3.27. The fourth-order valence-electron chi connectivity index (χ4n) is 1.59. The van der Waals surface area contributed by atoms with Crippen molar-refractivity contribution in [1.82, 2.24) is 0 Å². The molecule has 2 N–H and O–H groups in total. The molecule has 0 fully saturated rings. The number of nitrogens with one attached hydrogen (secondary N) is 2. The zero-order valence-electron chi connectivity index (χ0n) is 10.5. The summed E-state index contributed by atoms with van der Waals surface area (Å²) in [6.07, 6.45) is -4.39. The number of halogens is 4. The Morgan fingerprint density at radius 2 is 1.57 bits per heavy atom. The van der Waals surface area contributed by atoms with Crippen LogP contribution >= 0.6 is 15.9 Å². The van der Waals surface area contributed by atoms with Gasteiger partial charge < -0.3 is 10.6 Å². The zero-order valence-corrected chi connectivity index (χ0v) is 12.1. The van der Waals surface area contributed by atoms with Crippen LogP contribution in [0.3, 0.4) is 0 Å². The average molecular weight is 359 g/mol. The van der Waals surface area contributed by atoms with E-state index in [0.717, 1.165) is 12.1 Å². The molecule has 0 atom stereocenters. The third-order valence-electron chi connectivity index (χ3n) is 2.59. The highest BCUT2D eigenvalue weighted by Gasteiger charge is 2.29. The summed E-state index contributed by atoms with van der Waals surface area (Å²) in [7, 11) is 0. The number of alkyl halides is 3. The van der Waals surface area contributed by atoms with E-state index < -0.39 is 17.8 Å². The minimum atomic E-state index is -4.39. The number of benzene rings is 2. The van der Waals surface area contributed by atoms with Gasteiger partial charge in [-0.1, -0.05) is 12.1 Å². The molecule has 0 aromatic heterocycles. The van der Waals surface area contributed by atoms with E-state index in [1.54, 1.807) is 24.3 Å². The number of hydrogen-bond donors (Lipinski definition) is 2. The monoisotopic (exact) mass is 358 g/mol. The number of carbonyl (C=O) groups excluding carboxylic acids is 1. The number of rotatable bonds is 2. The summed E-state index contributed by atoms with van der Waals surface area (Å²) in [5, 5.41) is 5.04. The van der Waals surface area contributed by atoms with Crippen LogP contribution in [0.2, 0.25) is 0 Å². The summed E-state index contributed by atoms with van der Waals surface area (Å²) in [6, 6.07) is 10.7. The van der Waals surface area contributed by atoms with E-state index in [9.17, 15) is 18.0 Å². The van der Waals surface area contributed by atoms with Crippen LogP contribution in [0.4, 0.5) is 29.3 Å². The van der Waals surface area contributed by atoms with Gasteiger partial charge in [0.2, 0.25) is 0 Å². The lowest BCUT2D eigenvalue weighted by Gasteiger charge is -2.10. The fourth-order valence-corrected chi connectivity index (χ4v) is 1.97. The molecule has 2 amide bonds. The predicted molar refractivity (Wildman–Crippen MR) is 78.2 cm³/mol. The molecule has 0 aliphatic carbocycles. The van der Waals surface area contributed by atoms with Crippen molar-refractivity contribution in [2.24, 2.45) is 0 Å². The first-order valence-corrected chi connectivity index (χ1v) is 6.65. The highest BCUT2D eigenvalue weighted by molar-refractivity contribution is 9.10. The van der Waals surface area contributed by atoms with Crippen molar-refractivity contribution in [3.05, 3.63) is 58.6 Å². The van der Waals surface area contributed by atoms with E-state index in [1.807, 2.05) is 0 Å². The highest BCUT2D eigenvalue weighted by Crippen LogP contribution is 2.29. The second kappa shape index (κ2) is 6.17. The molecule has 0 aliphatic heterocycles. The molecule has 0 spiro atoms. The van der Waals surface area contributed by atoms with Gasteiger partial charge in [-0.05, 0) is 52.3 Å². The Kier molecular flexibility index (Phi) is 4.52. The lowest BCUT2D eigenvalue weighted by molar-refractivity contribution is -0.137. The van der Waals surface area contributed by atoms with Crippen molar-refractivity contribution >= 4 is 33.3 Å². The normalized spacial score (nSPS) is 11.0. The maximum Gasteiger partial charge on any atom is 0.416 e. The smallest absolute Gasteiger partial charge is 0.308 e. The molecule has 3 nitrogen and oxygen atoms in total. The van der Waals surface area contributed by atoms with Crippen LogP contribution < -0.4 is 10.6 Å². The van der Waals surface area contributed by atoms with Crippen molar-refractivity contribution in [1.29, 1.82) is 0 Å². The van der Waals surface area contributed by atoms with Crippen LogP contribution in [0.1, 0.15) is 5.56 Å². The molecule has 110 valence electrons. The van der Waals surface area contributed by atoms with E-state index in [1.165, 1.54) is 12.1 Å². The van der Waals surface area contributed by atoms with E-state index in [2.05, 4.69) is 26.6 Å². The fraction of sp³-hybridized carbons (Fsp3) is 0.0714. The molecule has 2 aromatic carbocycles. The summed E-state index contributed by atoms with van der Waals surface area (Å²) in [4.78, 5) is 11.8. The highest BCUT2D eigenvalue weighted by atomic mass is 79.9. The van der Waals surface area contributed by atoms with Gasteiger partial charge in [0.05, 0.1) is 11.3 Å². The van der Waals surface area contributed by atoms with Gasteiger partial charge in [-0.25, -0.2) is 4.79 Å². The van der Waals surface area contributed by atoms with Crippen molar-refractivity contribution in [2.45, 2.75) is 6.18 Å². The van der Waals surface area contributed by atoms with E-state index in [-0.39, 0.29) is 5.69 Å². The van der Waals surface area contributed by atoms with Crippen LogP contribution in [-0.4, -0.2) is 6.03 Å².